The topological polar surface area (TPSA) is 68.2 Å². The van der Waals surface area contributed by atoms with Crippen LogP contribution in [0.1, 0.15) is 31.5 Å². The Morgan fingerprint density at radius 3 is 2.93 bits per heavy atom. The van der Waals surface area contributed by atoms with E-state index < -0.39 is 0 Å². The minimum Gasteiger partial charge on any atom is -0.338 e. The maximum Gasteiger partial charge on any atom is 0.240 e. The summed E-state index contributed by atoms with van der Waals surface area (Å²) < 4.78 is 5.13. The van der Waals surface area contributed by atoms with Crippen LogP contribution in [0, 0.1) is 0 Å². The van der Waals surface area contributed by atoms with Crippen molar-refractivity contribution in [2.24, 2.45) is 5.73 Å². The zero-order chi connectivity index (χ0) is 11.1. The van der Waals surface area contributed by atoms with Gasteiger partial charge in [-0.3, -0.25) is 4.90 Å². The number of nitrogens with zero attached hydrogens (tertiary/aromatic N) is 3. The van der Waals surface area contributed by atoms with Gasteiger partial charge in [-0.05, 0) is 33.0 Å². The first-order valence-corrected chi connectivity index (χ1v) is 5.46. The summed E-state index contributed by atoms with van der Waals surface area (Å²) in [4.78, 5) is 6.43. The third-order valence-electron chi connectivity index (χ3n) is 2.13. The molecule has 0 amide bonds. The summed E-state index contributed by atoms with van der Waals surface area (Å²) in [7, 11) is 2.03. The summed E-state index contributed by atoms with van der Waals surface area (Å²) in [5.41, 5.74) is 5.44. The van der Waals surface area contributed by atoms with Crippen molar-refractivity contribution >= 4 is 0 Å². The van der Waals surface area contributed by atoms with E-state index >= 15 is 0 Å². The molecule has 15 heavy (non-hydrogen) atoms. The zero-order valence-electron chi connectivity index (χ0n) is 9.57. The van der Waals surface area contributed by atoms with Gasteiger partial charge in [0.05, 0.1) is 6.54 Å². The second-order valence-corrected chi connectivity index (χ2v) is 3.73. The van der Waals surface area contributed by atoms with E-state index in [0.717, 1.165) is 38.2 Å². The molecule has 0 aromatic carbocycles. The van der Waals surface area contributed by atoms with Crippen LogP contribution in [0.15, 0.2) is 4.52 Å². The highest BCUT2D eigenvalue weighted by Gasteiger charge is 2.07. The Bertz CT molecular complexity index is 274. The van der Waals surface area contributed by atoms with Crippen LogP contribution in [-0.4, -0.2) is 35.2 Å². The van der Waals surface area contributed by atoms with E-state index in [1.165, 1.54) is 0 Å². The lowest BCUT2D eigenvalue weighted by atomic mass is 10.3. The monoisotopic (exact) mass is 212 g/mol. The molecule has 2 N–H and O–H groups in total. The average molecular weight is 212 g/mol. The Labute approximate surface area is 90.6 Å². The molecule has 1 rings (SSSR count). The Hall–Kier alpha value is -0.940. The third-order valence-corrected chi connectivity index (χ3v) is 2.13. The molecule has 0 bridgehead atoms. The predicted octanol–water partition coefficient (Wildman–Crippen LogP) is 0.803. The van der Waals surface area contributed by atoms with Gasteiger partial charge in [0.15, 0.2) is 5.82 Å². The lowest BCUT2D eigenvalue weighted by Gasteiger charge is -2.12. The van der Waals surface area contributed by atoms with Crippen molar-refractivity contribution in [2.45, 2.75) is 32.7 Å². The SMILES string of the molecule is CCCc1noc(CN(C)CCCN)n1. The van der Waals surface area contributed by atoms with E-state index in [1.54, 1.807) is 0 Å². The van der Waals surface area contributed by atoms with Gasteiger partial charge >= 0.3 is 0 Å². The molecule has 0 saturated carbocycles. The largest absolute Gasteiger partial charge is 0.338 e. The van der Waals surface area contributed by atoms with E-state index in [1.807, 2.05) is 7.05 Å². The minimum absolute atomic E-state index is 0.693. The molecule has 1 aromatic rings. The second-order valence-electron chi connectivity index (χ2n) is 3.73. The first-order valence-electron chi connectivity index (χ1n) is 5.46. The highest BCUT2D eigenvalue weighted by molar-refractivity contribution is 4.85. The van der Waals surface area contributed by atoms with Crippen molar-refractivity contribution in [3.63, 3.8) is 0 Å². The van der Waals surface area contributed by atoms with E-state index in [2.05, 4.69) is 22.0 Å². The van der Waals surface area contributed by atoms with Crippen LogP contribution >= 0.6 is 0 Å². The molecule has 1 aromatic heterocycles. The molecule has 0 radical (unpaired) electrons. The van der Waals surface area contributed by atoms with Crippen molar-refractivity contribution in [1.82, 2.24) is 15.0 Å². The Kier molecular flexibility index (Phi) is 5.28. The van der Waals surface area contributed by atoms with Crippen molar-refractivity contribution in [3.05, 3.63) is 11.7 Å². The van der Waals surface area contributed by atoms with Crippen LogP contribution in [0.2, 0.25) is 0 Å². The molecule has 0 unspecified atom stereocenters. The fraction of sp³-hybridized carbons (Fsp3) is 0.800. The van der Waals surface area contributed by atoms with Crippen molar-refractivity contribution in [2.75, 3.05) is 20.1 Å². The van der Waals surface area contributed by atoms with Gasteiger partial charge in [-0.25, -0.2) is 0 Å². The molecular weight excluding hydrogens is 192 g/mol. The van der Waals surface area contributed by atoms with Crippen molar-refractivity contribution in [1.29, 1.82) is 0 Å². The maximum atomic E-state index is 5.44. The van der Waals surface area contributed by atoms with Gasteiger partial charge in [0.2, 0.25) is 5.89 Å². The van der Waals surface area contributed by atoms with Gasteiger partial charge in [-0.2, -0.15) is 4.98 Å². The standard InChI is InChI=1S/C10H20N4O/c1-3-5-9-12-10(15-13-9)8-14(2)7-4-6-11/h3-8,11H2,1-2H3. The fourth-order valence-corrected chi connectivity index (χ4v) is 1.35. The van der Waals surface area contributed by atoms with Gasteiger partial charge in [-0.1, -0.05) is 12.1 Å². The number of rotatable bonds is 7. The molecule has 0 aliphatic carbocycles. The summed E-state index contributed by atoms with van der Waals surface area (Å²) in [5, 5.41) is 3.90. The number of aryl methyl sites for hydroxylation is 1. The summed E-state index contributed by atoms with van der Waals surface area (Å²) in [6.45, 7) is 4.48. The van der Waals surface area contributed by atoms with E-state index in [4.69, 9.17) is 10.3 Å². The van der Waals surface area contributed by atoms with Gasteiger partial charge < -0.3 is 10.3 Å². The molecular formula is C10H20N4O. The molecule has 0 aliphatic rings. The van der Waals surface area contributed by atoms with Crippen LogP contribution in [0.3, 0.4) is 0 Å². The third kappa shape index (κ3) is 4.40. The van der Waals surface area contributed by atoms with E-state index in [9.17, 15) is 0 Å². The fourth-order valence-electron chi connectivity index (χ4n) is 1.35. The minimum atomic E-state index is 0.693. The number of hydrogen-bond donors (Lipinski definition) is 1. The first-order chi connectivity index (χ1) is 7.26. The van der Waals surface area contributed by atoms with Gasteiger partial charge in [-0.15, -0.1) is 0 Å². The number of nitrogens with two attached hydrogens (primary N) is 1. The summed E-state index contributed by atoms with van der Waals surface area (Å²) in [6, 6.07) is 0. The van der Waals surface area contributed by atoms with Gasteiger partial charge in [0.25, 0.3) is 0 Å². The molecule has 0 fully saturated rings. The molecule has 86 valence electrons. The first kappa shape index (κ1) is 12.1. The van der Waals surface area contributed by atoms with Crippen LogP contribution in [0.5, 0.6) is 0 Å². The van der Waals surface area contributed by atoms with E-state index in [0.29, 0.717) is 12.4 Å². The van der Waals surface area contributed by atoms with Crippen LogP contribution in [-0.2, 0) is 13.0 Å². The van der Waals surface area contributed by atoms with E-state index in [-0.39, 0.29) is 0 Å². The van der Waals surface area contributed by atoms with Crippen molar-refractivity contribution < 1.29 is 4.52 Å². The second kappa shape index (κ2) is 6.53. The quantitative estimate of drug-likeness (QED) is 0.724. The normalized spacial score (nSPS) is 11.2. The number of aromatic nitrogens is 2. The summed E-state index contributed by atoms with van der Waals surface area (Å²) in [5.74, 6) is 1.50. The molecule has 1 heterocycles. The lowest BCUT2D eigenvalue weighted by molar-refractivity contribution is 0.265. The van der Waals surface area contributed by atoms with Crippen LogP contribution in [0.4, 0.5) is 0 Å². The molecule has 5 heteroatoms. The maximum absolute atomic E-state index is 5.44. The number of hydrogen-bond acceptors (Lipinski definition) is 5. The van der Waals surface area contributed by atoms with Crippen LogP contribution in [0.25, 0.3) is 0 Å². The summed E-state index contributed by atoms with van der Waals surface area (Å²) in [6.07, 6.45) is 2.92. The molecule has 5 nitrogen and oxygen atoms in total. The Balaban J connectivity index is 2.35. The smallest absolute Gasteiger partial charge is 0.240 e. The molecule has 0 saturated heterocycles. The Morgan fingerprint density at radius 1 is 1.47 bits per heavy atom. The average Bonchev–Trinajstić information content (AvgIpc) is 2.63. The molecule has 0 aliphatic heterocycles. The molecule has 0 atom stereocenters. The highest BCUT2D eigenvalue weighted by atomic mass is 16.5. The van der Waals surface area contributed by atoms with Crippen molar-refractivity contribution in [3.8, 4) is 0 Å². The molecule has 0 spiro atoms. The van der Waals surface area contributed by atoms with Gasteiger partial charge in [0.1, 0.15) is 0 Å². The summed E-state index contributed by atoms with van der Waals surface area (Å²) >= 11 is 0. The van der Waals surface area contributed by atoms with Gasteiger partial charge in [0, 0.05) is 6.42 Å². The van der Waals surface area contributed by atoms with Crippen LogP contribution < -0.4 is 5.73 Å². The Morgan fingerprint density at radius 2 is 2.27 bits per heavy atom. The predicted molar refractivity (Wildman–Crippen MR) is 58.3 cm³/mol. The lowest BCUT2D eigenvalue weighted by Crippen LogP contribution is -2.21. The highest BCUT2D eigenvalue weighted by Crippen LogP contribution is 2.03. The zero-order valence-corrected chi connectivity index (χ0v) is 9.57.